The van der Waals surface area contributed by atoms with Crippen molar-refractivity contribution in [1.82, 2.24) is 25.2 Å². The average molecular weight is 481 g/mol. The highest BCUT2D eigenvalue weighted by molar-refractivity contribution is 9.10. The van der Waals surface area contributed by atoms with E-state index in [0.29, 0.717) is 28.7 Å². The second kappa shape index (κ2) is 8.14. The quantitative estimate of drug-likeness (QED) is 0.421. The Morgan fingerprint density at radius 1 is 1.26 bits per heavy atom. The van der Waals surface area contributed by atoms with Crippen molar-refractivity contribution in [2.45, 2.75) is 19.3 Å². The van der Waals surface area contributed by atoms with Crippen LogP contribution in [0.4, 0.5) is 5.69 Å². The summed E-state index contributed by atoms with van der Waals surface area (Å²) < 4.78 is 8.71. The van der Waals surface area contributed by atoms with Gasteiger partial charge in [-0.05, 0) is 65.6 Å². The van der Waals surface area contributed by atoms with Crippen LogP contribution in [-0.4, -0.2) is 37.7 Å². The third-order valence-corrected chi connectivity index (χ3v) is 6.28. The van der Waals surface area contributed by atoms with Gasteiger partial charge in [-0.1, -0.05) is 22.4 Å². The van der Waals surface area contributed by atoms with Crippen LogP contribution in [0, 0.1) is 5.92 Å². The molecule has 31 heavy (non-hydrogen) atoms. The van der Waals surface area contributed by atoms with Crippen molar-refractivity contribution >= 4 is 38.4 Å². The molecule has 158 valence electrons. The fourth-order valence-electron chi connectivity index (χ4n) is 3.77. The topological polar surface area (TPSA) is 97.7 Å². The molecule has 2 aromatic heterocycles. The molecular formula is C22H21BrN6O2. The zero-order valence-corrected chi connectivity index (χ0v) is 18.5. The van der Waals surface area contributed by atoms with Crippen molar-refractivity contribution in [2.24, 2.45) is 13.0 Å². The number of anilines is 1. The Labute approximate surface area is 187 Å². The van der Waals surface area contributed by atoms with Gasteiger partial charge in [-0.25, -0.2) is 5.10 Å². The number of tetrazole rings is 1. The number of aryl methyl sites for hydroxylation is 1. The number of rotatable bonds is 6. The minimum absolute atomic E-state index is 0.216. The van der Waals surface area contributed by atoms with E-state index in [1.807, 2.05) is 54.1 Å². The van der Waals surface area contributed by atoms with E-state index in [1.165, 1.54) is 19.3 Å². The summed E-state index contributed by atoms with van der Waals surface area (Å²) in [6, 6.07) is 13.4. The monoisotopic (exact) mass is 480 g/mol. The van der Waals surface area contributed by atoms with E-state index in [-0.39, 0.29) is 5.91 Å². The summed E-state index contributed by atoms with van der Waals surface area (Å²) in [5, 5.41) is 17.9. The van der Waals surface area contributed by atoms with Gasteiger partial charge in [-0.2, -0.15) is 0 Å². The molecule has 1 fully saturated rings. The van der Waals surface area contributed by atoms with Crippen LogP contribution in [0.15, 0.2) is 46.9 Å². The maximum atomic E-state index is 13.1. The minimum atomic E-state index is -0.216. The highest BCUT2D eigenvalue weighted by Gasteiger charge is 2.19. The van der Waals surface area contributed by atoms with Gasteiger partial charge in [-0.15, -0.1) is 5.10 Å². The summed E-state index contributed by atoms with van der Waals surface area (Å²) in [6.45, 7) is 0.756. The van der Waals surface area contributed by atoms with Crippen LogP contribution in [0.5, 0.6) is 5.75 Å². The van der Waals surface area contributed by atoms with Crippen molar-refractivity contribution < 1.29 is 9.53 Å². The van der Waals surface area contributed by atoms with Gasteiger partial charge in [0, 0.05) is 28.5 Å². The lowest BCUT2D eigenvalue weighted by atomic mass is 9.86. The Bertz CT molecular complexity index is 1250. The number of aromatic amines is 1. The van der Waals surface area contributed by atoms with Crippen molar-refractivity contribution in [2.75, 3.05) is 11.9 Å². The number of carbonyl (C=O) groups excluding carboxylic acids is 1. The van der Waals surface area contributed by atoms with Crippen molar-refractivity contribution in [3.63, 3.8) is 0 Å². The molecule has 0 aliphatic heterocycles. The standard InChI is InChI=1S/C22H21BrN6O2/c1-29-19-11-16(31-12-13-3-2-4-13)7-5-14(19)9-20(29)22(30)24-18-8-6-15(23)10-17(18)21-25-27-28-26-21/h5-11,13H,2-4,12H2,1H3,(H,24,30)(H,25,26,27,28). The number of halogens is 1. The number of nitrogens with zero attached hydrogens (tertiary/aromatic N) is 4. The lowest BCUT2D eigenvalue weighted by molar-refractivity contribution is 0.102. The van der Waals surface area contributed by atoms with Crippen LogP contribution < -0.4 is 10.1 Å². The largest absolute Gasteiger partial charge is 0.493 e. The normalized spacial score (nSPS) is 13.9. The Balaban J connectivity index is 1.40. The molecule has 9 heteroatoms. The molecule has 4 aromatic rings. The van der Waals surface area contributed by atoms with E-state index >= 15 is 0 Å². The number of carbonyl (C=O) groups is 1. The van der Waals surface area contributed by atoms with Crippen LogP contribution in [-0.2, 0) is 7.05 Å². The minimum Gasteiger partial charge on any atom is -0.493 e. The third kappa shape index (κ3) is 3.93. The summed E-state index contributed by atoms with van der Waals surface area (Å²) in [5.74, 6) is 1.76. The molecule has 1 amide bonds. The molecule has 2 aromatic carbocycles. The van der Waals surface area contributed by atoms with Crippen LogP contribution in [0.2, 0.25) is 0 Å². The maximum Gasteiger partial charge on any atom is 0.272 e. The first-order chi connectivity index (χ1) is 15.1. The van der Waals surface area contributed by atoms with Gasteiger partial charge in [0.05, 0.1) is 17.8 Å². The Morgan fingerprint density at radius 2 is 2.13 bits per heavy atom. The van der Waals surface area contributed by atoms with Crippen LogP contribution in [0.3, 0.4) is 0 Å². The smallest absolute Gasteiger partial charge is 0.272 e. The highest BCUT2D eigenvalue weighted by atomic mass is 79.9. The number of hydrogen-bond donors (Lipinski definition) is 2. The summed E-state index contributed by atoms with van der Waals surface area (Å²) >= 11 is 3.45. The number of fused-ring (bicyclic) bond motifs is 1. The molecule has 0 atom stereocenters. The molecule has 1 aliphatic carbocycles. The molecular weight excluding hydrogens is 460 g/mol. The maximum absolute atomic E-state index is 13.1. The van der Waals surface area contributed by atoms with Crippen LogP contribution in [0.25, 0.3) is 22.3 Å². The third-order valence-electron chi connectivity index (χ3n) is 5.79. The molecule has 5 rings (SSSR count). The Hall–Kier alpha value is -3.20. The van der Waals surface area contributed by atoms with Crippen molar-refractivity contribution in [1.29, 1.82) is 0 Å². The van der Waals surface area contributed by atoms with E-state index in [1.54, 1.807) is 0 Å². The van der Waals surface area contributed by atoms with E-state index < -0.39 is 0 Å². The van der Waals surface area contributed by atoms with E-state index in [0.717, 1.165) is 27.7 Å². The summed E-state index contributed by atoms with van der Waals surface area (Å²) in [7, 11) is 1.88. The predicted octanol–water partition coefficient (Wildman–Crippen LogP) is 4.55. The molecule has 2 N–H and O–H groups in total. The number of amides is 1. The van der Waals surface area contributed by atoms with E-state index in [9.17, 15) is 4.79 Å². The van der Waals surface area contributed by atoms with Gasteiger partial charge >= 0.3 is 0 Å². The van der Waals surface area contributed by atoms with Gasteiger partial charge < -0.3 is 14.6 Å². The van der Waals surface area contributed by atoms with Crippen molar-refractivity contribution in [3.8, 4) is 17.1 Å². The lowest BCUT2D eigenvalue weighted by Crippen LogP contribution is -2.19. The Morgan fingerprint density at radius 3 is 2.87 bits per heavy atom. The molecule has 1 aliphatic rings. The first kappa shape index (κ1) is 19.7. The highest BCUT2D eigenvalue weighted by Crippen LogP contribution is 2.31. The van der Waals surface area contributed by atoms with E-state index in [2.05, 4.69) is 41.9 Å². The molecule has 8 nitrogen and oxygen atoms in total. The van der Waals surface area contributed by atoms with Crippen molar-refractivity contribution in [3.05, 3.63) is 52.6 Å². The van der Waals surface area contributed by atoms with Gasteiger partial charge in [0.2, 0.25) is 0 Å². The SMILES string of the molecule is Cn1c(C(=O)Nc2ccc(Br)cc2-c2nnn[nH]2)cc2ccc(OCC3CCC3)cc21. The number of benzene rings is 2. The second-order valence-corrected chi connectivity index (χ2v) is 8.73. The Kier molecular flexibility index (Phi) is 5.19. The predicted molar refractivity (Wildman–Crippen MR) is 121 cm³/mol. The van der Waals surface area contributed by atoms with Gasteiger partial charge in [0.1, 0.15) is 11.4 Å². The lowest BCUT2D eigenvalue weighted by Gasteiger charge is -2.25. The number of H-pyrrole nitrogens is 1. The summed E-state index contributed by atoms with van der Waals surface area (Å²) in [6.07, 6.45) is 3.80. The number of ether oxygens (including phenoxy) is 1. The average Bonchev–Trinajstić information content (AvgIpc) is 3.37. The van der Waals surface area contributed by atoms with Gasteiger partial charge in [0.25, 0.3) is 5.91 Å². The molecule has 0 saturated heterocycles. The molecule has 0 radical (unpaired) electrons. The van der Waals surface area contributed by atoms with E-state index in [4.69, 9.17) is 4.74 Å². The van der Waals surface area contributed by atoms with Crippen LogP contribution in [0.1, 0.15) is 29.8 Å². The molecule has 0 spiro atoms. The number of aromatic nitrogens is 5. The molecule has 2 heterocycles. The summed E-state index contributed by atoms with van der Waals surface area (Å²) in [5.41, 5.74) is 2.81. The first-order valence-corrected chi connectivity index (χ1v) is 10.9. The zero-order valence-electron chi connectivity index (χ0n) is 16.9. The second-order valence-electron chi connectivity index (χ2n) is 7.81. The fourth-order valence-corrected chi connectivity index (χ4v) is 4.13. The molecule has 0 unspecified atom stereocenters. The van der Waals surface area contributed by atoms with Gasteiger partial charge in [0.15, 0.2) is 5.82 Å². The van der Waals surface area contributed by atoms with Gasteiger partial charge in [-0.3, -0.25) is 4.79 Å². The summed E-state index contributed by atoms with van der Waals surface area (Å²) in [4.78, 5) is 13.1. The molecule has 0 bridgehead atoms. The fraction of sp³-hybridized carbons (Fsp3) is 0.273. The van der Waals surface area contributed by atoms with Crippen LogP contribution >= 0.6 is 15.9 Å². The zero-order chi connectivity index (χ0) is 21.4. The number of hydrogen-bond acceptors (Lipinski definition) is 5. The number of nitrogens with one attached hydrogen (secondary N) is 2. The first-order valence-electron chi connectivity index (χ1n) is 10.2. The molecule has 1 saturated carbocycles.